The van der Waals surface area contributed by atoms with Gasteiger partial charge in [-0.25, -0.2) is 4.98 Å². The van der Waals surface area contributed by atoms with Gasteiger partial charge in [-0.15, -0.1) is 0 Å². The normalized spacial score (nSPS) is 11.7. The standard InChI is InChI=1S/C49H55N3O2.2CH3.Hf/c1-11-24-51-40-22-15-13-18-32(40)42(44(51)34-26-30(3)28-36(46(34)53)48(5,6)7)38-20-17-21-39(50-38)43-33-19-14-16-23-41(33)52(25-12-2)45(43)35-27-31(4)29-37(47(35)54)49(8,9)10;;;/h13-23,26-29,53-54H,11-12,24-25H2,1-10H3;2*1H3;/q;2*-1;. The van der Waals surface area contributed by atoms with Gasteiger partial charge in [0.05, 0.1) is 22.8 Å². The van der Waals surface area contributed by atoms with Crippen molar-refractivity contribution in [2.45, 2.75) is 106 Å². The molecule has 0 radical (unpaired) electrons. The monoisotopic (exact) mass is 927 g/mol. The van der Waals surface area contributed by atoms with Crippen molar-refractivity contribution in [1.29, 1.82) is 0 Å². The van der Waals surface area contributed by atoms with E-state index in [0.29, 0.717) is 11.5 Å². The summed E-state index contributed by atoms with van der Waals surface area (Å²) in [5.41, 5.74) is 13.1. The van der Waals surface area contributed by atoms with Crippen LogP contribution in [0.25, 0.3) is 66.8 Å². The smallest absolute Gasteiger partial charge is 0.128 e. The zero-order valence-corrected chi connectivity index (χ0v) is 39.8. The number of hydrogen-bond donors (Lipinski definition) is 2. The molecular formula is C51H61HfN3O2-2. The quantitative estimate of drug-likeness (QED) is 0.118. The summed E-state index contributed by atoms with van der Waals surface area (Å²) in [6.07, 6.45) is 1.88. The van der Waals surface area contributed by atoms with Gasteiger partial charge in [0.15, 0.2) is 0 Å². The molecule has 5 nitrogen and oxygen atoms in total. The van der Waals surface area contributed by atoms with E-state index in [2.05, 4.69) is 169 Å². The number of hydrogen-bond acceptors (Lipinski definition) is 3. The molecule has 298 valence electrons. The first kappa shape index (κ1) is 45.3. The van der Waals surface area contributed by atoms with Gasteiger partial charge in [0.1, 0.15) is 11.5 Å². The van der Waals surface area contributed by atoms with E-state index >= 15 is 0 Å². The van der Waals surface area contributed by atoms with Crippen molar-refractivity contribution >= 4 is 21.8 Å². The molecule has 57 heavy (non-hydrogen) atoms. The van der Waals surface area contributed by atoms with Crippen molar-refractivity contribution < 1.29 is 36.1 Å². The number of aromatic nitrogens is 3. The molecule has 0 fully saturated rings. The van der Waals surface area contributed by atoms with Crippen LogP contribution in [0.5, 0.6) is 11.5 Å². The number of para-hydroxylation sites is 2. The van der Waals surface area contributed by atoms with E-state index < -0.39 is 0 Å². The van der Waals surface area contributed by atoms with Gasteiger partial charge in [-0.05, 0) is 85.0 Å². The second-order valence-corrected chi connectivity index (χ2v) is 17.1. The molecule has 7 rings (SSSR count). The van der Waals surface area contributed by atoms with E-state index in [1.807, 2.05) is 0 Å². The van der Waals surface area contributed by atoms with Gasteiger partial charge in [-0.3, -0.25) is 0 Å². The van der Waals surface area contributed by atoms with Crippen molar-refractivity contribution in [3.05, 3.63) is 128 Å². The third-order valence-corrected chi connectivity index (χ3v) is 10.7. The number of aromatic hydroxyl groups is 2. The Morgan fingerprint density at radius 2 is 0.912 bits per heavy atom. The average Bonchev–Trinajstić information content (AvgIpc) is 3.62. The Kier molecular flexibility index (Phi) is 13.7. The molecule has 0 aliphatic rings. The zero-order chi connectivity index (χ0) is 38.7. The van der Waals surface area contributed by atoms with Gasteiger partial charge in [0.2, 0.25) is 0 Å². The van der Waals surface area contributed by atoms with Crippen LogP contribution in [0.2, 0.25) is 0 Å². The summed E-state index contributed by atoms with van der Waals surface area (Å²) >= 11 is 0. The summed E-state index contributed by atoms with van der Waals surface area (Å²) in [6.45, 7) is 23.2. The van der Waals surface area contributed by atoms with E-state index in [1.165, 1.54) is 0 Å². The van der Waals surface area contributed by atoms with Gasteiger partial charge in [-0.1, -0.05) is 110 Å². The number of aryl methyl sites for hydroxylation is 4. The SMILES string of the molecule is CCCn1c(-c2cc(C)cc(C(C)(C)C)c2O)c(-c2cccc(-c3c(-c4cc(C)cc(C(C)(C)C)c4O)n(CCC)c4ccccc34)n2)c2ccccc21.[CH3-].[CH3-].[Hf]. The largest absolute Gasteiger partial charge is 0.507 e. The molecular weight excluding hydrogens is 865 g/mol. The molecule has 0 atom stereocenters. The van der Waals surface area contributed by atoms with Crippen LogP contribution in [-0.4, -0.2) is 24.3 Å². The van der Waals surface area contributed by atoms with Crippen molar-refractivity contribution in [1.82, 2.24) is 14.1 Å². The number of nitrogens with zero attached hydrogens (tertiary/aromatic N) is 3. The Hall–Kier alpha value is -4.42. The fourth-order valence-electron chi connectivity index (χ4n) is 8.37. The Morgan fingerprint density at radius 1 is 0.544 bits per heavy atom. The molecule has 3 heterocycles. The van der Waals surface area contributed by atoms with Crippen LogP contribution in [0, 0.1) is 28.7 Å². The molecule has 0 saturated carbocycles. The molecule has 6 heteroatoms. The second kappa shape index (κ2) is 17.2. The van der Waals surface area contributed by atoms with Crippen molar-refractivity contribution in [3.8, 4) is 56.5 Å². The Balaban J connectivity index is 0.00000240. The minimum absolute atomic E-state index is 0. The molecule has 0 spiro atoms. The Morgan fingerprint density at radius 3 is 1.26 bits per heavy atom. The molecule has 0 bridgehead atoms. The third kappa shape index (κ3) is 8.04. The molecule has 3 aromatic heterocycles. The van der Waals surface area contributed by atoms with Crippen LogP contribution < -0.4 is 0 Å². The Bertz CT molecular complexity index is 2370. The summed E-state index contributed by atoms with van der Waals surface area (Å²) in [4.78, 5) is 5.59. The number of pyridine rings is 1. The first-order valence-corrected chi connectivity index (χ1v) is 19.5. The van der Waals surface area contributed by atoms with Crippen molar-refractivity contribution in [2.75, 3.05) is 0 Å². The van der Waals surface area contributed by atoms with E-state index in [1.54, 1.807) is 0 Å². The van der Waals surface area contributed by atoms with Crippen LogP contribution >= 0.6 is 0 Å². The second-order valence-electron chi connectivity index (χ2n) is 17.1. The van der Waals surface area contributed by atoms with Crippen LogP contribution in [0.15, 0.2) is 91.0 Å². The number of benzene rings is 4. The third-order valence-electron chi connectivity index (χ3n) is 10.7. The molecule has 2 N–H and O–H groups in total. The van der Waals surface area contributed by atoms with E-state index in [0.717, 1.165) is 115 Å². The van der Waals surface area contributed by atoms with Crippen molar-refractivity contribution in [2.24, 2.45) is 0 Å². The average molecular weight is 927 g/mol. The van der Waals surface area contributed by atoms with Crippen molar-refractivity contribution in [3.63, 3.8) is 0 Å². The number of rotatable bonds is 8. The maximum atomic E-state index is 12.1. The molecule has 4 aromatic carbocycles. The van der Waals surface area contributed by atoms with Gasteiger partial charge in [-0.2, -0.15) is 0 Å². The van der Waals surface area contributed by atoms with E-state index in [9.17, 15) is 10.2 Å². The minimum Gasteiger partial charge on any atom is -0.507 e. The van der Waals surface area contributed by atoms with Gasteiger partial charge in [0, 0.05) is 94.1 Å². The predicted octanol–water partition coefficient (Wildman–Crippen LogP) is 14.0. The van der Waals surface area contributed by atoms with Gasteiger partial charge >= 0.3 is 0 Å². The number of fused-ring (bicyclic) bond motifs is 2. The molecule has 0 aliphatic heterocycles. The summed E-state index contributed by atoms with van der Waals surface area (Å²) in [5.74, 6) is 0.639. The molecule has 0 saturated heterocycles. The molecule has 0 amide bonds. The molecule has 0 aliphatic carbocycles. The van der Waals surface area contributed by atoms with E-state index in [4.69, 9.17) is 4.98 Å². The first-order chi connectivity index (χ1) is 25.6. The van der Waals surface area contributed by atoms with Gasteiger partial charge < -0.3 is 34.2 Å². The number of phenols is 2. The topological polar surface area (TPSA) is 63.2 Å². The van der Waals surface area contributed by atoms with E-state index in [-0.39, 0.29) is 51.5 Å². The summed E-state index contributed by atoms with van der Waals surface area (Å²) in [6, 6.07) is 31.9. The maximum Gasteiger partial charge on any atom is 0.128 e. The molecule has 7 aromatic rings. The van der Waals surface area contributed by atoms with Crippen LogP contribution in [-0.2, 0) is 49.8 Å². The van der Waals surface area contributed by atoms with Crippen LogP contribution in [0.3, 0.4) is 0 Å². The maximum absolute atomic E-state index is 12.1. The fraction of sp³-hybridized carbons (Fsp3) is 0.314. The number of phenolic OH excluding ortho intramolecular Hbond substituents is 2. The van der Waals surface area contributed by atoms with Gasteiger partial charge in [0.25, 0.3) is 0 Å². The minimum atomic E-state index is -0.248. The summed E-state index contributed by atoms with van der Waals surface area (Å²) in [5, 5.41) is 26.5. The summed E-state index contributed by atoms with van der Waals surface area (Å²) < 4.78 is 4.74. The first-order valence-electron chi connectivity index (χ1n) is 19.5. The van der Waals surface area contributed by atoms with Crippen LogP contribution in [0.1, 0.15) is 90.5 Å². The summed E-state index contributed by atoms with van der Waals surface area (Å²) in [7, 11) is 0. The fourth-order valence-corrected chi connectivity index (χ4v) is 8.37. The Labute approximate surface area is 360 Å². The zero-order valence-electron chi connectivity index (χ0n) is 36.2. The van der Waals surface area contributed by atoms with Crippen LogP contribution in [0.4, 0.5) is 0 Å². The predicted molar refractivity (Wildman–Crippen MR) is 241 cm³/mol. The molecule has 0 unspecified atom stereocenters.